The molecule has 0 saturated carbocycles. The van der Waals surface area contributed by atoms with E-state index in [0.29, 0.717) is 0 Å². The number of rotatable bonds is 3. The molecule has 12 rings (SSSR count). The van der Waals surface area contributed by atoms with Gasteiger partial charge in [0.1, 0.15) is 11.5 Å². The van der Waals surface area contributed by atoms with Crippen molar-refractivity contribution < 1.29 is 4.74 Å². The molecule has 9 aromatic carbocycles. The molecule has 0 radical (unpaired) electrons. The van der Waals surface area contributed by atoms with E-state index in [1.807, 2.05) is 0 Å². The van der Waals surface area contributed by atoms with Gasteiger partial charge < -0.3 is 4.74 Å². The minimum absolute atomic E-state index is 0.532. The summed E-state index contributed by atoms with van der Waals surface area (Å²) in [7, 11) is 0. The second kappa shape index (κ2) is 11.3. The van der Waals surface area contributed by atoms with Crippen molar-refractivity contribution in [2.45, 2.75) is 10.8 Å². The SMILES string of the molecule is c1ccc(C2(c3cccc(-c4cccc5c4C4(c6ccccc6O5)c5ccccc5-c5ccccc54)c3)c3ccccc3-c3cc4ccccc4cc32)cc1. The summed E-state index contributed by atoms with van der Waals surface area (Å²) in [6.07, 6.45) is 0. The molecule has 55 heavy (non-hydrogen) atoms. The summed E-state index contributed by atoms with van der Waals surface area (Å²) < 4.78 is 6.91. The Morgan fingerprint density at radius 3 is 1.53 bits per heavy atom. The first-order valence-electron chi connectivity index (χ1n) is 19.2. The standard InChI is InChI=1S/C54H34O/c1-2-19-38(20-3-1)53(45-26-9-8-24-43(45)44-33-35-16-4-5-17-36(35)34-49(44)53)39-21-14-18-37(32-39)40-25-15-31-51-52(40)54(48-29-12-13-30-50(48)55-51)46-27-10-6-22-41(46)42-23-7-11-28-47(42)54/h1-34H. The highest BCUT2D eigenvalue weighted by Gasteiger charge is 2.52. The first-order valence-corrected chi connectivity index (χ1v) is 19.2. The quantitative estimate of drug-likeness (QED) is 0.178. The molecule has 1 spiro atoms. The zero-order chi connectivity index (χ0) is 36.1. The molecule has 0 N–H and O–H groups in total. The highest BCUT2D eigenvalue weighted by atomic mass is 16.5. The fourth-order valence-corrected chi connectivity index (χ4v) is 10.5. The molecular weight excluding hydrogens is 665 g/mol. The van der Waals surface area contributed by atoms with Crippen LogP contribution in [0.1, 0.15) is 44.5 Å². The van der Waals surface area contributed by atoms with Crippen LogP contribution in [0, 0.1) is 0 Å². The molecule has 3 aliphatic rings. The Kier molecular flexibility index (Phi) is 6.25. The average Bonchev–Trinajstić information content (AvgIpc) is 3.71. The number of fused-ring (bicyclic) bond motifs is 13. The maximum absolute atomic E-state index is 6.91. The van der Waals surface area contributed by atoms with Gasteiger partial charge in [0, 0.05) is 11.1 Å². The van der Waals surface area contributed by atoms with Gasteiger partial charge in [-0.2, -0.15) is 0 Å². The predicted octanol–water partition coefficient (Wildman–Crippen LogP) is 13.3. The molecule has 1 nitrogen and oxygen atoms in total. The van der Waals surface area contributed by atoms with E-state index in [1.165, 1.54) is 88.7 Å². The Hall–Kier alpha value is -6.96. The molecule has 0 fully saturated rings. The third kappa shape index (κ3) is 3.92. The fourth-order valence-electron chi connectivity index (χ4n) is 10.5. The Labute approximate surface area is 320 Å². The van der Waals surface area contributed by atoms with E-state index in [2.05, 4.69) is 206 Å². The van der Waals surface area contributed by atoms with Gasteiger partial charge >= 0.3 is 0 Å². The minimum Gasteiger partial charge on any atom is -0.457 e. The van der Waals surface area contributed by atoms with Crippen LogP contribution in [0.4, 0.5) is 0 Å². The van der Waals surface area contributed by atoms with Crippen molar-refractivity contribution in [3.05, 3.63) is 251 Å². The maximum Gasteiger partial charge on any atom is 0.132 e. The summed E-state index contributed by atoms with van der Waals surface area (Å²) >= 11 is 0. The lowest BCUT2D eigenvalue weighted by Crippen LogP contribution is -2.33. The highest BCUT2D eigenvalue weighted by Crippen LogP contribution is 2.64. The van der Waals surface area contributed by atoms with E-state index >= 15 is 0 Å². The molecule has 0 aromatic heterocycles. The van der Waals surface area contributed by atoms with Crippen LogP contribution in [-0.2, 0) is 10.8 Å². The lowest BCUT2D eigenvalue weighted by molar-refractivity contribution is 0.437. The lowest BCUT2D eigenvalue weighted by Gasteiger charge is -2.41. The number of benzene rings is 9. The summed E-state index contributed by atoms with van der Waals surface area (Å²) in [5.74, 6) is 1.80. The molecule has 1 aliphatic heterocycles. The molecule has 9 aromatic rings. The van der Waals surface area contributed by atoms with Gasteiger partial charge in [-0.05, 0) is 108 Å². The van der Waals surface area contributed by atoms with Gasteiger partial charge in [0.2, 0.25) is 0 Å². The van der Waals surface area contributed by atoms with Crippen LogP contribution in [-0.4, -0.2) is 0 Å². The molecule has 1 atom stereocenters. The zero-order valence-electron chi connectivity index (χ0n) is 30.0. The van der Waals surface area contributed by atoms with E-state index in [0.717, 1.165) is 11.5 Å². The third-order valence-corrected chi connectivity index (χ3v) is 12.6. The van der Waals surface area contributed by atoms with Gasteiger partial charge in [0.25, 0.3) is 0 Å². The second-order valence-electron chi connectivity index (χ2n) is 15.1. The Morgan fingerprint density at radius 1 is 0.291 bits per heavy atom. The van der Waals surface area contributed by atoms with Crippen molar-refractivity contribution >= 4 is 10.8 Å². The first-order chi connectivity index (χ1) is 27.3. The topological polar surface area (TPSA) is 9.23 Å². The molecular formula is C54H34O. The summed E-state index contributed by atoms with van der Waals surface area (Å²) in [5, 5.41) is 2.51. The van der Waals surface area contributed by atoms with E-state index in [1.54, 1.807) is 0 Å². The van der Waals surface area contributed by atoms with Gasteiger partial charge in [-0.1, -0.05) is 176 Å². The number of hydrogen-bond acceptors (Lipinski definition) is 1. The van der Waals surface area contributed by atoms with Crippen molar-refractivity contribution in [2.75, 3.05) is 0 Å². The zero-order valence-corrected chi connectivity index (χ0v) is 30.0. The van der Waals surface area contributed by atoms with Crippen molar-refractivity contribution in [3.63, 3.8) is 0 Å². The number of para-hydroxylation sites is 1. The second-order valence-corrected chi connectivity index (χ2v) is 15.1. The van der Waals surface area contributed by atoms with Crippen molar-refractivity contribution in [2.24, 2.45) is 0 Å². The van der Waals surface area contributed by atoms with E-state index in [-0.39, 0.29) is 0 Å². The van der Waals surface area contributed by atoms with Crippen LogP contribution in [0.5, 0.6) is 11.5 Å². The van der Waals surface area contributed by atoms with E-state index in [4.69, 9.17) is 4.74 Å². The molecule has 1 heteroatoms. The highest BCUT2D eigenvalue weighted by molar-refractivity contribution is 5.97. The smallest absolute Gasteiger partial charge is 0.132 e. The van der Waals surface area contributed by atoms with Gasteiger partial charge in [-0.25, -0.2) is 0 Å². The van der Waals surface area contributed by atoms with Gasteiger partial charge in [0.05, 0.1) is 10.8 Å². The van der Waals surface area contributed by atoms with Crippen LogP contribution in [0.2, 0.25) is 0 Å². The largest absolute Gasteiger partial charge is 0.457 e. The minimum atomic E-state index is -0.563. The summed E-state index contributed by atoms with van der Waals surface area (Å²) in [4.78, 5) is 0. The maximum atomic E-state index is 6.91. The van der Waals surface area contributed by atoms with Crippen LogP contribution < -0.4 is 4.74 Å². The first kappa shape index (κ1) is 30.5. The van der Waals surface area contributed by atoms with Crippen LogP contribution >= 0.6 is 0 Å². The van der Waals surface area contributed by atoms with E-state index in [9.17, 15) is 0 Å². The Balaban J connectivity index is 1.17. The summed E-state index contributed by atoms with van der Waals surface area (Å²) in [6.45, 7) is 0. The third-order valence-electron chi connectivity index (χ3n) is 12.6. The summed E-state index contributed by atoms with van der Waals surface area (Å²) in [6, 6.07) is 76.3. The van der Waals surface area contributed by atoms with Crippen molar-refractivity contribution in [1.29, 1.82) is 0 Å². The van der Waals surface area contributed by atoms with Gasteiger partial charge in [-0.3, -0.25) is 0 Å². The molecule has 0 saturated heterocycles. The van der Waals surface area contributed by atoms with Crippen LogP contribution in [0.3, 0.4) is 0 Å². The lowest BCUT2D eigenvalue weighted by atomic mass is 9.64. The number of ether oxygens (including phenoxy) is 1. The van der Waals surface area contributed by atoms with Crippen LogP contribution in [0.25, 0.3) is 44.2 Å². The molecule has 0 bridgehead atoms. The predicted molar refractivity (Wildman–Crippen MR) is 224 cm³/mol. The van der Waals surface area contributed by atoms with Gasteiger partial charge in [-0.15, -0.1) is 0 Å². The number of hydrogen-bond donors (Lipinski definition) is 0. The van der Waals surface area contributed by atoms with E-state index < -0.39 is 10.8 Å². The average molecular weight is 699 g/mol. The Bertz CT molecular complexity index is 2980. The van der Waals surface area contributed by atoms with Crippen LogP contribution in [0.15, 0.2) is 206 Å². The molecule has 1 unspecified atom stereocenters. The molecule has 0 amide bonds. The molecule has 1 heterocycles. The summed E-state index contributed by atoms with van der Waals surface area (Å²) in [5.41, 5.74) is 16.5. The fraction of sp³-hybridized carbons (Fsp3) is 0.0370. The van der Waals surface area contributed by atoms with Crippen molar-refractivity contribution in [1.82, 2.24) is 0 Å². The molecule has 2 aliphatic carbocycles. The monoisotopic (exact) mass is 698 g/mol. The van der Waals surface area contributed by atoms with Gasteiger partial charge in [0.15, 0.2) is 0 Å². The molecule has 256 valence electrons. The van der Waals surface area contributed by atoms with Crippen molar-refractivity contribution in [3.8, 4) is 44.9 Å². The normalized spacial score (nSPS) is 16.4. The Morgan fingerprint density at radius 2 is 0.800 bits per heavy atom.